The fraction of sp³-hybridized carbons (Fsp3) is 0.375. The van der Waals surface area contributed by atoms with Crippen LogP contribution in [0.5, 0.6) is 0 Å². The van der Waals surface area contributed by atoms with Crippen LogP contribution in [0.1, 0.15) is 67.2 Å². The zero-order valence-electron chi connectivity index (χ0n) is 17.9. The molecular weight excluding hydrogens is 376 g/mol. The fourth-order valence-corrected chi connectivity index (χ4v) is 3.43. The Morgan fingerprint density at radius 2 is 1.80 bits per heavy atom. The summed E-state index contributed by atoms with van der Waals surface area (Å²) in [5.74, 6) is 0.387. The van der Waals surface area contributed by atoms with Gasteiger partial charge in [0.15, 0.2) is 0 Å². The topological polar surface area (TPSA) is 75.5 Å². The summed E-state index contributed by atoms with van der Waals surface area (Å²) in [7, 11) is 0. The third-order valence-electron chi connectivity index (χ3n) is 5.15. The molecule has 0 radical (unpaired) electrons. The number of pyridine rings is 1. The highest BCUT2D eigenvalue weighted by Gasteiger charge is 2.15. The summed E-state index contributed by atoms with van der Waals surface area (Å²) in [6, 6.07) is 13.7. The van der Waals surface area contributed by atoms with Gasteiger partial charge in [-0.1, -0.05) is 38.5 Å². The first-order valence-corrected chi connectivity index (χ1v) is 10.6. The number of aromatic nitrogens is 2. The molecule has 0 spiro atoms. The summed E-state index contributed by atoms with van der Waals surface area (Å²) in [6.07, 6.45) is 4.83. The molecule has 2 amide bonds. The van der Waals surface area contributed by atoms with Gasteiger partial charge in [-0.25, -0.2) is 4.98 Å². The Kier molecular flexibility index (Phi) is 7.22. The molecule has 6 heteroatoms. The van der Waals surface area contributed by atoms with Crippen LogP contribution >= 0.6 is 0 Å². The van der Waals surface area contributed by atoms with Gasteiger partial charge in [0.25, 0.3) is 5.91 Å². The van der Waals surface area contributed by atoms with Gasteiger partial charge in [0, 0.05) is 24.8 Å². The second-order valence-corrected chi connectivity index (χ2v) is 7.87. The average molecular weight is 407 g/mol. The van der Waals surface area contributed by atoms with Crippen molar-refractivity contribution in [2.45, 2.75) is 52.4 Å². The molecule has 0 fully saturated rings. The molecule has 0 bridgehead atoms. The molecule has 3 rings (SSSR count). The molecule has 2 heterocycles. The summed E-state index contributed by atoms with van der Waals surface area (Å²) in [6.45, 7) is 6.72. The first kappa shape index (κ1) is 21.6. The van der Waals surface area contributed by atoms with Gasteiger partial charge < -0.3 is 10.6 Å². The van der Waals surface area contributed by atoms with Gasteiger partial charge in [-0.05, 0) is 55.5 Å². The third-order valence-corrected chi connectivity index (χ3v) is 5.15. The Hall–Kier alpha value is -3.15. The van der Waals surface area contributed by atoms with Crippen LogP contribution in [-0.4, -0.2) is 27.7 Å². The van der Waals surface area contributed by atoms with Gasteiger partial charge in [0.05, 0.1) is 5.69 Å². The lowest BCUT2D eigenvalue weighted by molar-refractivity contribution is -0.116. The van der Waals surface area contributed by atoms with Crippen LogP contribution in [-0.2, 0) is 4.79 Å². The number of carbonyl (C=O) groups excluding carboxylic acids is 2. The molecule has 0 aliphatic heterocycles. The van der Waals surface area contributed by atoms with Gasteiger partial charge in [0.1, 0.15) is 11.3 Å². The molecule has 1 aromatic carbocycles. The number of imidazole rings is 1. The Bertz CT molecular complexity index is 1010. The van der Waals surface area contributed by atoms with Gasteiger partial charge >= 0.3 is 0 Å². The first-order chi connectivity index (χ1) is 14.5. The lowest BCUT2D eigenvalue weighted by Crippen LogP contribution is -2.26. The maximum absolute atomic E-state index is 12.5. The number of nitrogens with zero attached hydrogens (tertiary/aromatic N) is 2. The molecule has 2 N–H and O–H groups in total. The van der Waals surface area contributed by atoms with E-state index in [1.54, 1.807) is 0 Å². The van der Waals surface area contributed by atoms with Gasteiger partial charge in [-0.3, -0.25) is 14.0 Å². The van der Waals surface area contributed by atoms with E-state index in [9.17, 15) is 9.59 Å². The number of carbonyl (C=O) groups is 2. The van der Waals surface area contributed by atoms with Crippen LogP contribution in [0.2, 0.25) is 0 Å². The Balaban J connectivity index is 1.35. The lowest BCUT2D eigenvalue weighted by atomic mass is 10.0. The Morgan fingerprint density at radius 1 is 1.03 bits per heavy atom. The van der Waals surface area contributed by atoms with Crippen molar-refractivity contribution in [3.05, 3.63) is 65.6 Å². The molecule has 3 aromatic rings. The van der Waals surface area contributed by atoms with Crippen molar-refractivity contribution in [1.82, 2.24) is 14.7 Å². The van der Waals surface area contributed by atoms with E-state index in [-0.39, 0.29) is 11.8 Å². The van der Waals surface area contributed by atoms with Gasteiger partial charge in [-0.15, -0.1) is 0 Å². The molecule has 0 unspecified atom stereocenters. The van der Waals surface area contributed by atoms with Crippen molar-refractivity contribution in [1.29, 1.82) is 0 Å². The van der Waals surface area contributed by atoms with E-state index in [0.29, 0.717) is 24.6 Å². The summed E-state index contributed by atoms with van der Waals surface area (Å²) in [4.78, 5) is 29.0. The van der Waals surface area contributed by atoms with E-state index in [2.05, 4.69) is 41.6 Å². The molecule has 158 valence electrons. The highest BCUT2D eigenvalue weighted by atomic mass is 16.2. The number of nitrogens with one attached hydrogen (secondary N) is 2. The van der Waals surface area contributed by atoms with Crippen molar-refractivity contribution in [2.24, 2.45) is 0 Å². The number of unbranched alkanes of at least 4 members (excludes halogenated alkanes) is 2. The van der Waals surface area contributed by atoms with Crippen molar-refractivity contribution in [3.63, 3.8) is 0 Å². The van der Waals surface area contributed by atoms with Gasteiger partial charge in [0.2, 0.25) is 5.91 Å². The number of hydrogen-bond donors (Lipinski definition) is 2. The molecular formula is C24H30N4O2. The molecule has 0 saturated heterocycles. The standard InChI is InChI=1S/C24H30N4O2/c1-17(2)19-11-13-20(14-12-19)27-22(29)10-5-4-7-15-25-24(30)23-18(3)26-21-9-6-8-16-28(21)23/h6,8-9,11-14,16-17H,4-5,7,10,15H2,1-3H3,(H,25,30)(H,27,29). The molecule has 0 saturated carbocycles. The molecule has 6 nitrogen and oxygen atoms in total. The monoisotopic (exact) mass is 406 g/mol. The highest BCUT2D eigenvalue weighted by molar-refractivity contribution is 5.94. The van der Waals surface area contributed by atoms with E-state index < -0.39 is 0 Å². The molecule has 2 aromatic heterocycles. The summed E-state index contributed by atoms with van der Waals surface area (Å²) in [5, 5.41) is 5.90. The molecule has 0 aliphatic rings. The zero-order valence-corrected chi connectivity index (χ0v) is 17.9. The average Bonchev–Trinajstić information content (AvgIpc) is 3.06. The van der Waals surface area contributed by atoms with Crippen LogP contribution in [0.15, 0.2) is 48.7 Å². The maximum atomic E-state index is 12.5. The minimum absolute atomic E-state index is 0.0256. The van der Waals surface area contributed by atoms with E-state index in [0.717, 1.165) is 36.3 Å². The van der Waals surface area contributed by atoms with Crippen LogP contribution < -0.4 is 10.6 Å². The minimum Gasteiger partial charge on any atom is -0.351 e. The van der Waals surface area contributed by atoms with E-state index in [4.69, 9.17) is 0 Å². The van der Waals surface area contributed by atoms with Crippen molar-refractivity contribution in [2.75, 3.05) is 11.9 Å². The Morgan fingerprint density at radius 3 is 2.53 bits per heavy atom. The van der Waals surface area contributed by atoms with Crippen molar-refractivity contribution in [3.8, 4) is 0 Å². The first-order valence-electron chi connectivity index (χ1n) is 10.6. The number of rotatable bonds is 9. The summed E-state index contributed by atoms with van der Waals surface area (Å²) < 4.78 is 1.81. The third kappa shape index (κ3) is 5.47. The minimum atomic E-state index is -0.117. The van der Waals surface area contributed by atoms with Crippen LogP contribution in [0, 0.1) is 6.92 Å². The van der Waals surface area contributed by atoms with Crippen LogP contribution in [0.4, 0.5) is 5.69 Å². The zero-order chi connectivity index (χ0) is 21.5. The summed E-state index contributed by atoms with van der Waals surface area (Å²) >= 11 is 0. The number of benzene rings is 1. The van der Waals surface area contributed by atoms with Crippen molar-refractivity contribution < 1.29 is 9.59 Å². The second kappa shape index (κ2) is 10.1. The SMILES string of the molecule is Cc1nc2ccccn2c1C(=O)NCCCCCC(=O)Nc1ccc(C(C)C)cc1. The van der Waals surface area contributed by atoms with E-state index >= 15 is 0 Å². The smallest absolute Gasteiger partial charge is 0.270 e. The molecule has 0 atom stereocenters. The number of anilines is 1. The normalized spacial score (nSPS) is 11.1. The predicted octanol–water partition coefficient (Wildman–Crippen LogP) is 4.70. The molecule has 30 heavy (non-hydrogen) atoms. The van der Waals surface area contributed by atoms with Crippen LogP contribution in [0.3, 0.4) is 0 Å². The maximum Gasteiger partial charge on any atom is 0.270 e. The van der Waals surface area contributed by atoms with Crippen molar-refractivity contribution >= 4 is 23.1 Å². The second-order valence-electron chi connectivity index (χ2n) is 7.87. The predicted molar refractivity (Wildman–Crippen MR) is 120 cm³/mol. The number of fused-ring (bicyclic) bond motifs is 1. The fourth-order valence-electron chi connectivity index (χ4n) is 3.43. The number of hydrogen-bond acceptors (Lipinski definition) is 3. The quantitative estimate of drug-likeness (QED) is 0.506. The van der Waals surface area contributed by atoms with E-state index in [1.165, 1.54) is 5.56 Å². The largest absolute Gasteiger partial charge is 0.351 e. The highest BCUT2D eigenvalue weighted by Crippen LogP contribution is 2.17. The number of amides is 2. The lowest BCUT2D eigenvalue weighted by Gasteiger charge is -2.09. The Labute approximate surface area is 177 Å². The number of aryl methyl sites for hydroxylation is 1. The summed E-state index contributed by atoms with van der Waals surface area (Å²) in [5.41, 5.74) is 4.16. The van der Waals surface area contributed by atoms with Crippen LogP contribution in [0.25, 0.3) is 5.65 Å². The van der Waals surface area contributed by atoms with E-state index in [1.807, 2.05) is 47.9 Å². The molecule has 0 aliphatic carbocycles. The van der Waals surface area contributed by atoms with Gasteiger partial charge in [-0.2, -0.15) is 0 Å².